The molecule has 0 radical (unpaired) electrons. The van der Waals surface area contributed by atoms with Gasteiger partial charge < -0.3 is 5.32 Å². The molecule has 0 aromatic heterocycles. The van der Waals surface area contributed by atoms with E-state index in [-0.39, 0.29) is 17.3 Å². The van der Waals surface area contributed by atoms with Gasteiger partial charge in [-0.2, -0.15) is 30.2 Å². The van der Waals surface area contributed by atoms with Gasteiger partial charge in [-0.25, -0.2) is 4.55 Å². The number of nitrogens with zero attached hydrogens (tertiary/aromatic N) is 1. The summed E-state index contributed by atoms with van der Waals surface area (Å²) in [6.07, 6.45) is -10.1. The number of halogens is 6. The van der Waals surface area contributed by atoms with Crippen LogP contribution in [0, 0.1) is 0 Å². The Balaban J connectivity index is 2.36. The fraction of sp³-hybridized carbons (Fsp3) is 0.235. The average Bonchev–Trinajstić information content (AvgIpc) is 2.59. The maximum absolute atomic E-state index is 12.9. The topological polar surface area (TPSA) is 83.5 Å². The number of carbonyl (C=O) groups is 1. The van der Waals surface area contributed by atoms with E-state index in [1.165, 1.54) is 0 Å². The number of anilines is 1. The third-order valence-corrected chi connectivity index (χ3v) is 5.54. The predicted molar refractivity (Wildman–Crippen MR) is 96.0 cm³/mol. The Morgan fingerprint density at radius 2 is 1.33 bits per heavy atom. The van der Waals surface area contributed by atoms with Crippen LogP contribution < -0.4 is 9.21 Å². The van der Waals surface area contributed by atoms with Crippen LogP contribution in [-0.2, 0) is 22.7 Å². The second kappa shape index (κ2) is 7.56. The summed E-state index contributed by atoms with van der Waals surface area (Å²) in [5.74, 6) is -1.02. The zero-order valence-corrected chi connectivity index (χ0v) is 16.2. The van der Waals surface area contributed by atoms with E-state index in [1.807, 2.05) is 5.32 Å². The lowest BCUT2D eigenvalue weighted by Crippen LogP contribution is -2.45. The fourth-order valence-corrected chi connectivity index (χ4v) is 2.72. The molecule has 6 nitrogen and oxygen atoms in total. The molecule has 0 saturated heterocycles. The first-order chi connectivity index (χ1) is 13.4. The smallest absolute Gasteiger partial charge is 0.322 e. The van der Waals surface area contributed by atoms with Gasteiger partial charge in [-0.1, -0.05) is 0 Å². The summed E-state index contributed by atoms with van der Waals surface area (Å²) in [7, 11) is -2.26. The number of hydrogen-bond donors (Lipinski definition) is 2. The van der Waals surface area contributed by atoms with Gasteiger partial charge >= 0.3 is 22.7 Å². The molecule has 30 heavy (non-hydrogen) atoms. The number of rotatable bonds is 4. The molecule has 0 saturated carbocycles. The van der Waals surface area contributed by atoms with Crippen LogP contribution in [0.25, 0.3) is 0 Å². The van der Waals surface area contributed by atoms with Gasteiger partial charge in [0.15, 0.2) is 0 Å². The second-order valence-electron chi connectivity index (χ2n) is 6.59. The first-order valence-corrected chi connectivity index (χ1v) is 9.35. The molecule has 0 fully saturated rings. The minimum atomic E-state index is -5.07. The molecular formula is C17H15F6N2O4S+. The van der Waals surface area contributed by atoms with Gasteiger partial charge in [0.2, 0.25) is 0 Å². The van der Waals surface area contributed by atoms with E-state index in [9.17, 15) is 44.1 Å². The number of benzene rings is 2. The molecule has 0 atom stereocenters. The summed E-state index contributed by atoms with van der Waals surface area (Å²) in [6, 6.07) is 5.19. The van der Waals surface area contributed by atoms with Gasteiger partial charge in [-0.05, 0) is 30.3 Å². The largest absolute Gasteiger partial charge is 0.437 e. The molecule has 164 valence electrons. The normalized spacial score (nSPS) is 13.2. The quantitative estimate of drug-likeness (QED) is 0.406. The molecule has 0 heterocycles. The van der Waals surface area contributed by atoms with Crippen molar-refractivity contribution in [2.24, 2.45) is 0 Å². The van der Waals surface area contributed by atoms with E-state index in [2.05, 4.69) is 0 Å². The van der Waals surface area contributed by atoms with Gasteiger partial charge in [0.05, 0.1) is 25.2 Å². The zero-order valence-electron chi connectivity index (χ0n) is 15.3. The average molecular weight is 457 g/mol. The lowest BCUT2D eigenvalue weighted by molar-refractivity contribution is -0.143. The zero-order chi connectivity index (χ0) is 23.1. The molecule has 0 bridgehead atoms. The van der Waals surface area contributed by atoms with Crippen molar-refractivity contribution in [3.8, 4) is 0 Å². The Kier molecular flexibility index (Phi) is 5.96. The molecule has 2 rings (SSSR count). The second-order valence-corrected chi connectivity index (χ2v) is 8.40. The molecule has 1 amide bonds. The Hall–Kier alpha value is -2.64. The Labute approximate surface area is 167 Å². The number of quaternary nitrogens is 1. The molecule has 0 aliphatic heterocycles. The molecule has 0 spiro atoms. The van der Waals surface area contributed by atoms with Crippen LogP contribution in [0.3, 0.4) is 0 Å². The Morgan fingerprint density at radius 1 is 0.900 bits per heavy atom. The maximum Gasteiger partial charge on any atom is 0.437 e. The van der Waals surface area contributed by atoms with Crippen LogP contribution in [0.5, 0.6) is 0 Å². The minimum Gasteiger partial charge on any atom is -0.322 e. The minimum absolute atomic E-state index is 0.0486. The van der Waals surface area contributed by atoms with Crippen molar-refractivity contribution in [3.63, 3.8) is 0 Å². The molecular weight excluding hydrogens is 442 g/mol. The van der Waals surface area contributed by atoms with E-state index in [0.717, 1.165) is 38.4 Å². The van der Waals surface area contributed by atoms with Crippen molar-refractivity contribution < 1.29 is 44.1 Å². The highest BCUT2D eigenvalue weighted by atomic mass is 32.2. The van der Waals surface area contributed by atoms with Gasteiger partial charge in [0.25, 0.3) is 5.91 Å². The van der Waals surface area contributed by atoms with Crippen LogP contribution in [0.15, 0.2) is 42.5 Å². The monoisotopic (exact) mass is 457 g/mol. The highest BCUT2D eigenvalue weighted by Crippen LogP contribution is 2.37. The summed E-state index contributed by atoms with van der Waals surface area (Å²) in [5, 5.41) is 1.96. The predicted octanol–water partition coefficient (Wildman–Crippen LogP) is 4.35. The summed E-state index contributed by atoms with van der Waals surface area (Å²) in [5.41, 5.74) is -4.02. The molecule has 0 aliphatic carbocycles. The standard InChI is InChI=1S/C17H14F6N2O4S/c1-25(2,30(27,28)29)14-5-3-10(4-6-14)15(26)24-13-8-11(16(18,19)20)7-12(9-13)17(21,22)23/h3-9H,1-2H3,(H-,24,26,27,28,29)/p+1. The van der Waals surface area contributed by atoms with Crippen molar-refractivity contribution in [2.45, 2.75) is 12.4 Å². The first-order valence-electron chi connectivity index (χ1n) is 7.96. The lowest BCUT2D eigenvalue weighted by atomic mass is 10.1. The highest BCUT2D eigenvalue weighted by Gasteiger charge is 2.37. The molecule has 2 aromatic carbocycles. The SMILES string of the molecule is C[N+](C)(c1ccc(C(=O)Nc2cc(C(F)(F)F)cc(C(F)(F)F)c2)cc1)S(=O)(=O)O. The molecule has 2 aromatic rings. The van der Waals surface area contributed by atoms with Crippen molar-refractivity contribution in [3.05, 3.63) is 59.2 Å². The van der Waals surface area contributed by atoms with Gasteiger partial charge in [0.1, 0.15) is 5.69 Å². The number of nitrogens with one attached hydrogen (secondary N) is 1. The molecule has 0 unspecified atom stereocenters. The van der Waals surface area contributed by atoms with Gasteiger partial charge in [-0.15, -0.1) is 8.42 Å². The third-order valence-electron chi connectivity index (χ3n) is 4.17. The van der Waals surface area contributed by atoms with E-state index < -0.39 is 49.3 Å². The van der Waals surface area contributed by atoms with Crippen LogP contribution in [0.2, 0.25) is 0 Å². The van der Waals surface area contributed by atoms with Crippen LogP contribution in [0.4, 0.5) is 37.7 Å². The van der Waals surface area contributed by atoms with E-state index >= 15 is 0 Å². The van der Waals surface area contributed by atoms with E-state index in [4.69, 9.17) is 0 Å². The molecule has 13 heteroatoms. The maximum atomic E-state index is 12.9. The lowest BCUT2D eigenvalue weighted by Gasteiger charge is -2.23. The third kappa shape index (κ3) is 5.09. The van der Waals surface area contributed by atoms with Crippen molar-refractivity contribution >= 4 is 27.6 Å². The number of alkyl halides is 6. The number of carbonyl (C=O) groups excluding carboxylic acids is 1. The summed E-state index contributed by atoms with van der Waals surface area (Å²) in [6.45, 7) is 0. The summed E-state index contributed by atoms with van der Waals surface area (Å²) < 4.78 is 108. The van der Waals surface area contributed by atoms with E-state index in [0.29, 0.717) is 12.1 Å². The molecule has 0 aliphatic rings. The van der Waals surface area contributed by atoms with Gasteiger partial charge in [0, 0.05) is 23.4 Å². The van der Waals surface area contributed by atoms with Crippen LogP contribution in [-0.4, -0.2) is 33.0 Å². The van der Waals surface area contributed by atoms with E-state index in [1.54, 1.807) is 0 Å². The Morgan fingerprint density at radius 3 is 1.70 bits per heavy atom. The first kappa shape index (κ1) is 23.6. The van der Waals surface area contributed by atoms with Crippen molar-refractivity contribution in [2.75, 3.05) is 19.4 Å². The van der Waals surface area contributed by atoms with Crippen molar-refractivity contribution in [1.29, 1.82) is 0 Å². The van der Waals surface area contributed by atoms with Gasteiger partial charge in [-0.3, -0.25) is 4.79 Å². The van der Waals surface area contributed by atoms with Crippen LogP contribution >= 0.6 is 0 Å². The van der Waals surface area contributed by atoms with Crippen molar-refractivity contribution in [1.82, 2.24) is 3.89 Å². The summed E-state index contributed by atoms with van der Waals surface area (Å²) >= 11 is 0. The number of hydrogen-bond acceptors (Lipinski definition) is 3. The number of amides is 1. The Bertz CT molecular complexity index is 1030. The summed E-state index contributed by atoms with van der Waals surface area (Å²) in [4.78, 5) is 12.2. The highest BCUT2D eigenvalue weighted by molar-refractivity contribution is 7.85. The van der Waals surface area contributed by atoms with Crippen LogP contribution in [0.1, 0.15) is 21.5 Å². The fourth-order valence-electron chi connectivity index (χ4n) is 2.34. The molecule has 2 N–H and O–H groups in total.